The fraction of sp³-hybridized carbons (Fsp3) is 1.00. The maximum absolute atomic E-state index is 11.8. The molecule has 0 fully saturated rings. The normalized spacial score (nSPS) is 14.2. The third-order valence-electron chi connectivity index (χ3n) is 1.19. The molecule has 0 bridgehead atoms. The number of nitrogens with zero attached hydrogens (tertiary/aromatic N) is 1. The second-order valence-electron chi connectivity index (χ2n) is 2.70. The summed E-state index contributed by atoms with van der Waals surface area (Å²) >= 11 is 0. The Morgan fingerprint density at radius 3 is 1.85 bits per heavy atom. The van der Waals surface area contributed by atoms with Crippen molar-refractivity contribution < 1.29 is 21.6 Å². The standard InChI is InChI=1S/C5H9ClF3NO2S/c1-4(2)10(13(6,11)12)3-5(7,8)9/h4H,3H2,1-2H3. The van der Waals surface area contributed by atoms with Gasteiger partial charge in [0.2, 0.25) is 0 Å². The molecular weight excluding hydrogens is 231 g/mol. The van der Waals surface area contributed by atoms with Crippen LogP contribution in [0.3, 0.4) is 0 Å². The summed E-state index contributed by atoms with van der Waals surface area (Å²) in [6.07, 6.45) is -4.58. The molecule has 0 heterocycles. The highest BCUT2D eigenvalue weighted by atomic mass is 35.7. The molecule has 0 aromatic rings. The van der Waals surface area contributed by atoms with Gasteiger partial charge in [0.15, 0.2) is 0 Å². The lowest BCUT2D eigenvalue weighted by Gasteiger charge is -2.23. The first-order chi connectivity index (χ1) is 5.54. The van der Waals surface area contributed by atoms with Gasteiger partial charge in [0.1, 0.15) is 6.54 Å². The van der Waals surface area contributed by atoms with Crippen LogP contribution in [-0.2, 0) is 9.24 Å². The summed E-state index contributed by atoms with van der Waals surface area (Å²) in [5.41, 5.74) is 0. The zero-order valence-electron chi connectivity index (χ0n) is 6.97. The van der Waals surface area contributed by atoms with Crippen LogP contribution in [0.25, 0.3) is 0 Å². The monoisotopic (exact) mass is 239 g/mol. The first-order valence-corrected chi connectivity index (χ1v) is 5.59. The Bertz CT molecular complexity index is 261. The number of hydrogen-bond donors (Lipinski definition) is 0. The number of alkyl halides is 3. The Hall–Kier alpha value is -0.0100. The first kappa shape index (κ1) is 13.0. The average Bonchev–Trinajstić information content (AvgIpc) is 1.77. The summed E-state index contributed by atoms with van der Waals surface area (Å²) in [6, 6.07) is -0.816. The fourth-order valence-electron chi connectivity index (χ4n) is 0.688. The fourth-order valence-corrected chi connectivity index (χ4v) is 2.12. The molecule has 0 aliphatic carbocycles. The molecule has 13 heavy (non-hydrogen) atoms. The van der Waals surface area contributed by atoms with Crippen LogP contribution in [0.4, 0.5) is 13.2 Å². The smallest absolute Gasteiger partial charge is 0.195 e. The minimum absolute atomic E-state index is 0.175. The van der Waals surface area contributed by atoms with Crippen LogP contribution in [0.5, 0.6) is 0 Å². The van der Waals surface area contributed by atoms with Crippen LogP contribution < -0.4 is 0 Å². The topological polar surface area (TPSA) is 37.4 Å². The predicted octanol–water partition coefficient (Wildman–Crippen LogP) is 1.74. The third-order valence-corrected chi connectivity index (χ3v) is 2.83. The molecule has 0 saturated heterocycles. The maximum atomic E-state index is 11.8. The number of rotatable bonds is 3. The van der Waals surface area contributed by atoms with Gasteiger partial charge >= 0.3 is 6.18 Å². The van der Waals surface area contributed by atoms with Gasteiger partial charge in [0.25, 0.3) is 9.24 Å². The summed E-state index contributed by atoms with van der Waals surface area (Å²) in [4.78, 5) is 0. The predicted molar refractivity (Wildman–Crippen MR) is 42.7 cm³/mol. The average molecular weight is 240 g/mol. The molecule has 8 heteroatoms. The van der Waals surface area contributed by atoms with Crippen molar-refractivity contribution in [1.29, 1.82) is 0 Å². The van der Waals surface area contributed by atoms with E-state index in [-0.39, 0.29) is 4.31 Å². The van der Waals surface area contributed by atoms with E-state index in [1.807, 2.05) is 0 Å². The van der Waals surface area contributed by atoms with E-state index in [2.05, 4.69) is 0 Å². The Kier molecular flexibility index (Phi) is 4.01. The molecule has 0 aliphatic rings. The lowest BCUT2D eigenvalue weighted by atomic mass is 10.4. The molecule has 0 aliphatic heterocycles. The summed E-state index contributed by atoms with van der Waals surface area (Å²) in [6.45, 7) is 1.06. The second-order valence-corrected chi connectivity index (χ2v) is 5.16. The maximum Gasteiger partial charge on any atom is 0.402 e. The van der Waals surface area contributed by atoms with E-state index in [9.17, 15) is 21.6 Å². The van der Waals surface area contributed by atoms with Crippen LogP contribution >= 0.6 is 10.7 Å². The molecule has 0 aromatic heterocycles. The number of hydrogen-bond acceptors (Lipinski definition) is 2. The van der Waals surface area contributed by atoms with E-state index < -0.39 is 28.0 Å². The highest BCUT2D eigenvalue weighted by Gasteiger charge is 2.36. The Labute approximate surface area is 79.0 Å². The minimum Gasteiger partial charge on any atom is -0.195 e. The zero-order valence-corrected chi connectivity index (χ0v) is 8.54. The van der Waals surface area contributed by atoms with E-state index in [0.717, 1.165) is 0 Å². The zero-order chi connectivity index (χ0) is 10.9. The largest absolute Gasteiger partial charge is 0.402 e. The van der Waals surface area contributed by atoms with Crippen molar-refractivity contribution in [3.8, 4) is 0 Å². The van der Waals surface area contributed by atoms with Crippen molar-refractivity contribution in [3.63, 3.8) is 0 Å². The highest BCUT2D eigenvalue weighted by molar-refractivity contribution is 8.11. The number of halogens is 4. The van der Waals surface area contributed by atoms with Crippen LogP contribution in [0.1, 0.15) is 13.8 Å². The molecule has 3 nitrogen and oxygen atoms in total. The molecule has 0 spiro atoms. The lowest BCUT2D eigenvalue weighted by molar-refractivity contribution is -0.138. The summed E-state index contributed by atoms with van der Waals surface area (Å²) in [7, 11) is 0.487. The van der Waals surface area contributed by atoms with Crippen LogP contribution in [0.15, 0.2) is 0 Å². The van der Waals surface area contributed by atoms with Gasteiger partial charge in [-0.25, -0.2) is 0 Å². The summed E-state index contributed by atoms with van der Waals surface area (Å²) < 4.78 is 57.0. The molecule has 80 valence electrons. The quantitative estimate of drug-likeness (QED) is 0.704. The molecule has 0 unspecified atom stereocenters. The molecule has 0 aromatic carbocycles. The molecule has 0 atom stereocenters. The van der Waals surface area contributed by atoms with Gasteiger partial charge in [-0.3, -0.25) is 0 Å². The Morgan fingerprint density at radius 1 is 1.38 bits per heavy atom. The van der Waals surface area contributed by atoms with E-state index in [4.69, 9.17) is 10.7 Å². The molecule has 0 radical (unpaired) electrons. The van der Waals surface area contributed by atoms with E-state index in [1.165, 1.54) is 13.8 Å². The van der Waals surface area contributed by atoms with E-state index >= 15 is 0 Å². The van der Waals surface area contributed by atoms with Crippen molar-refractivity contribution in [2.75, 3.05) is 6.54 Å². The Morgan fingerprint density at radius 2 is 1.77 bits per heavy atom. The minimum atomic E-state index is -4.58. The second kappa shape index (κ2) is 4.02. The van der Waals surface area contributed by atoms with E-state index in [0.29, 0.717) is 0 Å². The molecule has 0 rings (SSSR count). The van der Waals surface area contributed by atoms with Crippen molar-refractivity contribution >= 4 is 19.9 Å². The van der Waals surface area contributed by atoms with Crippen LogP contribution in [0, 0.1) is 0 Å². The highest BCUT2D eigenvalue weighted by Crippen LogP contribution is 2.21. The third kappa shape index (κ3) is 5.33. The van der Waals surface area contributed by atoms with Crippen molar-refractivity contribution in [2.24, 2.45) is 0 Å². The van der Waals surface area contributed by atoms with Gasteiger partial charge in [-0.2, -0.15) is 25.9 Å². The molecule has 0 saturated carbocycles. The lowest BCUT2D eigenvalue weighted by Crippen LogP contribution is -2.40. The van der Waals surface area contributed by atoms with Crippen LogP contribution in [-0.4, -0.2) is 31.5 Å². The summed E-state index contributed by atoms with van der Waals surface area (Å²) in [5, 5.41) is 0. The van der Waals surface area contributed by atoms with Gasteiger partial charge in [-0.1, -0.05) is 0 Å². The van der Waals surface area contributed by atoms with Gasteiger partial charge in [-0.05, 0) is 13.8 Å². The van der Waals surface area contributed by atoms with E-state index in [1.54, 1.807) is 0 Å². The van der Waals surface area contributed by atoms with Gasteiger partial charge in [0, 0.05) is 16.7 Å². The van der Waals surface area contributed by atoms with Crippen molar-refractivity contribution in [3.05, 3.63) is 0 Å². The SMILES string of the molecule is CC(C)N(CC(F)(F)F)S(=O)(=O)Cl. The Balaban J connectivity index is 4.67. The van der Waals surface area contributed by atoms with Gasteiger partial charge < -0.3 is 0 Å². The van der Waals surface area contributed by atoms with Crippen molar-refractivity contribution in [1.82, 2.24) is 4.31 Å². The van der Waals surface area contributed by atoms with Gasteiger partial charge in [0.05, 0.1) is 0 Å². The first-order valence-electron chi connectivity index (χ1n) is 3.32. The molecule has 0 amide bonds. The van der Waals surface area contributed by atoms with Gasteiger partial charge in [-0.15, -0.1) is 0 Å². The molecule has 0 N–H and O–H groups in total. The summed E-state index contributed by atoms with van der Waals surface area (Å²) in [5.74, 6) is 0. The van der Waals surface area contributed by atoms with Crippen molar-refractivity contribution in [2.45, 2.75) is 26.1 Å². The van der Waals surface area contributed by atoms with Crippen LogP contribution in [0.2, 0.25) is 0 Å². The molecular formula is C5H9ClF3NO2S.